The van der Waals surface area contributed by atoms with E-state index >= 15 is 0 Å². The predicted octanol–water partition coefficient (Wildman–Crippen LogP) is 0.930. The van der Waals surface area contributed by atoms with Crippen LogP contribution in [-0.4, -0.2) is 45.4 Å². The van der Waals surface area contributed by atoms with Gasteiger partial charge in [0.2, 0.25) is 11.8 Å². The van der Waals surface area contributed by atoms with Gasteiger partial charge in [-0.1, -0.05) is 19.1 Å². The topological polar surface area (TPSA) is 115 Å². The van der Waals surface area contributed by atoms with Crippen LogP contribution in [0.25, 0.3) is 0 Å². The summed E-state index contributed by atoms with van der Waals surface area (Å²) in [4.78, 5) is 23.2. The van der Waals surface area contributed by atoms with Gasteiger partial charge in [-0.2, -0.15) is 0 Å². The van der Waals surface area contributed by atoms with Crippen LogP contribution in [0.2, 0.25) is 0 Å². The maximum Gasteiger partial charge on any atom is 0.234 e. The number of unbranched alkanes of at least 4 members (excludes halogenated alkanes) is 1. The van der Waals surface area contributed by atoms with Crippen LogP contribution in [-0.2, 0) is 16.0 Å². The van der Waals surface area contributed by atoms with Gasteiger partial charge in [0.1, 0.15) is 0 Å². The average Bonchev–Trinajstić information content (AvgIpc) is 3.00. The minimum Gasteiger partial charge on any atom is -0.368 e. The molecule has 0 aromatic carbocycles. The second-order valence-electron chi connectivity index (χ2n) is 6.91. The summed E-state index contributed by atoms with van der Waals surface area (Å²) in [7, 11) is 0. The summed E-state index contributed by atoms with van der Waals surface area (Å²) >= 11 is 0. The quantitative estimate of drug-likeness (QED) is 0.484. The Balaban J connectivity index is 2.16. The van der Waals surface area contributed by atoms with E-state index in [2.05, 4.69) is 20.9 Å². The van der Waals surface area contributed by atoms with Crippen LogP contribution in [0.1, 0.15) is 65.1 Å². The summed E-state index contributed by atoms with van der Waals surface area (Å²) in [5, 5.41) is 14.1. The normalized spacial score (nSPS) is 12.6. The second-order valence-corrected chi connectivity index (χ2v) is 6.91. The Hall–Kier alpha value is -1.96. The molecule has 0 aliphatic rings. The fraction of sp³-hybridized carbons (Fsp3) is 0.765. The van der Waals surface area contributed by atoms with Crippen LogP contribution in [0.4, 0.5) is 0 Å². The Morgan fingerprint density at radius 2 is 1.96 bits per heavy atom. The lowest BCUT2D eigenvalue weighted by atomic mass is 10.1. The molecule has 1 rings (SSSR count). The molecular weight excluding hydrogens is 320 g/mol. The Kier molecular flexibility index (Phi) is 9.12. The number of aryl methyl sites for hydroxylation is 1. The first-order valence-electron chi connectivity index (χ1n) is 9.02. The highest BCUT2D eigenvalue weighted by atomic mass is 16.2. The number of carbonyl (C=O) groups excluding carboxylic acids is 2. The number of amides is 2. The first-order valence-corrected chi connectivity index (χ1v) is 9.02. The van der Waals surface area contributed by atoms with Crippen molar-refractivity contribution in [1.29, 1.82) is 0 Å². The number of nitrogens with two attached hydrogens (primary N) is 1. The molecule has 0 aliphatic heterocycles. The minimum atomic E-state index is -0.327. The van der Waals surface area contributed by atoms with E-state index in [1.807, 2.05) is 33.9 Å². The first-order chi connectivity index (χ1) is 11.8. The molecule has 142 valence electrons. The summed E-state index contributed by atoms with van der Waals surface area (Å²) in [6, 6.07) is 0.176. The van der Waals surface area contributed by atoms with Gasteiger partial charge in [0.05, 0.1) is 11.7 Å². The highest BCUT2D eigenvalue weighted by Gasteiger charge is 2.15. The second kappa shape index (κ2) is 10.8. The summed E-state index contributed by atoms with van der Waals surface area (Å²) in [6.45, 7) is 8.63. The molecule has 1 atom stereocenters. The van der Waals surface area contributed by atoms with E-state index in [4.69, 9.17) is 5.73 Å². The van der Waals surface area contributed by atoms with Crippen LogP contribution >= 0.6 is 0 Å². The third kappa shape index (κ3) is 8.62. The molecule has 0 saturated carbocycles. The fourth-order valence-corrected chi connectivity index (χ4v) is 2.42. The maximum atomic E-state index is 11.9. The van der Waals surface area contributed by atoms with Gasteiger partial charge in [-0.3, -0.25) is 9.59 Å². The molecule has 8 nitrogen and oxygen atoms in total. The van der Waals surface area contributed by atoms with Crippen molar-refractivity contribution in [2.75, 3.05) is 6.54 Å². The molecule has 0 bridgehead atoms. The van der Waals surface area contributed by atoms with Crippen molar-refractivity contribution in [2.24, 2.45) is 5.73 Å². The van der Waals surface area contributed by atoms with E-state index in [1.165, 1.54) is 0 Å². The molecule has 1 aromatic rings. The Bertz CT molecular complexity index is 541. The summed E-state index contributed by atoms with van der Waals surface area (Å²) < 4.78 is 1.79. The summed E-state index contributed by atoms with van der Waals surface area (Å²) in [5.74, 6) is -0.321. The number of nitrogens with one attached hydrogen (secondary N) is 2. The van der Waals surface area contributed by atoms with E-state index in [-0.39, 0.29) is 29.9 Å². The van der Waals surface area contributed by atoms with Gasteiger partial charge >= 0.3 is 0 Å². The third-order valence-electron chi connectivity index (χ3n) is 3.81. The standard InChI is InChI=1S/C17H32N6O2/c1-12(2)20-15(17(18)25)7-5-6-10-19-16(24)9-8-14-11-23(13(3)4)22-21-14/h11-13,15,20H,5-10H2,1-4H3,(H2,18,25)(H,19,24). The van der Waals surface area contributed by atoms with E-state index < -0.39 is 0 Å². The molecule has 25 heavy (non-hydrogen) atoms. The number of rotatable bonds is 12. The van der Waals surface area contributed by atoms with Gasteiger partial charge in [-0.05, 0) is 33.1 Å². The van der Waals surface area contributed by atoms with Gasteiger partial charge in [-0.15, -0.1) is 5.10 Å². The number of hydrogen-bond acceptors (Lipinski definition) is 5. The van der Waals surface area contributed by atoms with Gasteiger partial charge < -0.3 is 16.4 Å². The van der Waals surface area contributed by atoms with Crippen LogP contribution in [0.5, 0.6) is 0 Å². The number of nitrogens with zero attached hydrogens (tertiary/aromatic N) is 3. The average molecular weight is 352 g/mol. The predicted molar refractivity (Wildman–Crippen MR) is 96.8 cm³/mol. The maximum absolute atomic E-state index is 11.9. The number of aromatic nitrogens is 3. The molecule has 1 heterocycles. The highest BCUT2D eigenvalue weighted by Crippen LogP contribution is 2.05. The molecule has 4 N–H and O–H groups in total. The SMILES string of the molecule is CC(C)NC(CCCCNC(=O)CCc1cn(C(C)C)nn1)C(N)=O. The molecule has 0 aliphatic carbocycles. The number of primary amides is 1. The molecule has 0 fully saturated rings. The molecule has 2 amide bonds. The molecule has 0 spiro atoms. The van der Waals surface area contributed by atoms with Gasteiger partial charge in [0.25, 0.3) is 0 Å². The van der Waals surface area contributed by atoms with E-state index in [0.29, 0.717) is 25.8 Å². The fourth-order valence-electron chi connectivity index (χ4n) is 2.42. The van der Waals surface area contributed by atoms with E-state index in [9.17, 15) is 9.59 Å². The molecule has 8 heteroatoms. The van der Waals surface area contributed by atoms with Crippen molar-refractivity contribution in [2.45, 2.75) is 77.9 Å². The van der Waals surface area contributed by atoms with E-state index in [0.717, 1.165) is 18.5 Å². The van der Waals surface area contributed by atoms with Crippen molar-refractivity contribution in [3.63, 3.8) is 0 Å². The van der Waals surface area contributed by atoms with Crippen molar-refractivity contribution < 1.29 is 9.59 Å². The van der Waals surface area contributed by atoms with Crippen LogP contribution in [0.15, 0.2) is 6.20 Å². The Morgan fingerprint density at radius 3 is 2.52 bits per heavy atom. The first kappa shape index (κ1) is 21.1. The van der Waals surface area contributed by atoms with Gasteiger partial charge in [-0.25, -0.2) is 4.68 Å². The van der Waals surface area contributed by atoms with Crippen LogP contribution < -0.4 is 16.4 Å². The van der Waals surface area contributed by atoms with Crippen molar-refractivity contribution in [1.82, 2.24) is 25.6 Å². The molecule has 1 aromatic heterocycles. The van der Waals surface area contributed by atoms with Gasteiger partial charge in [0.15, 0.2) is 0 Å². The molecule has 0 saturated heterocycles. The lowest BCUT2D eigenvalue weighted by Gasteiger charge is -2.18. The zero-order valence-electron chi connectivity index (χ0n) is 15.8. The largest absolute Gasteiger partial charge is 0.368 e. The molecule has 0 radical (unpaired) electrons. The summed E-state index contributed by atoms with van der Waals surface area (Å²) in [6.07, 6.45) is 5.19. The van der Waals surface area contributed by atoms with Crippen molar-refractivity contribution >= 4 is 11.8 Å². The minimum absolute atomic E-state index is 0.00542. The molecule has 1 unspecified atom stereocenters. The Labute approximate surface area is 149 Å². The summed E-state index contributed by atoms with van der Waals surface area (Å²) in [5.41, 5.74) is 6.21. The smallest absolute Gasteiger partial charge is 0.234 e. The zero-order chi connectivity index (χ0) is 18.8. The Morgan fingerprint density at radius 1 is 1.24 bits per heavy atom. The van der Waals surface area contributed by atoms with Crippen LogP contribution in [0.3, 0.4) is 0 Å². The van der Waals surface area contributed by atoms with E-state index in [1.54, 1.807) is 4.68 Å². The molecular formula is C17H32N6O2. The lowest BCUT2D eigenvalue weighted by molar-refractivity contribution is -0.121. The number of hydrogen-bond donors (Lipinski definition) is 3. The third-order valence-corrected chi connectivity index (χ3v) is 3.81. The highest BCUT2D eigenvalue weighted by molar-refractivity contribution is 5.79. The lowest BCUT2D eigenvalue weighted by Crippen LogP contribution is -2.44. The van der Waals surface area contributed by atoms with Crippen molar-refractivity contribution in [3.05, 3.63) is 11.9 Å². The van der Waals surface area contributed by atoms with Crippen molar-refractivity contribution in [3.8, 4) is 0 Å². The van der Waals surface area contributed by atoms with Gasteiger partial charge in [0, 0.05) is 37.7 Å². The monoisotopic (exact) mass is 352 g/mol. The van der Waals surface area contributed by atoms with Crippen LogP contribution in [0, 0.1) is 0 Å². The zero-order valence-corrected chi connectivity index (χ0v) is 15.8. The number of carbonyl (C=O) groups is 2.